The number of halogens is 1. The lowest BCUT2D eigenvalue weighted by Crippen LogP contribution is -2.32. The van der Waals surface area contributed by atoms with Crippen LogP contribution in [0.3, 0.4) is 0 Å². The third-order valence-corrected chi connectivity index (χ3v) is 4.60. The van der Waals surface area contributed by atoms with Crippen molar-refractivity contribution in [3.8, 4) is 12.3 Å². The van der Waals surface area contributed by atoms with Crippen molar-refractivity contribution in [3.05, 3.63) is 62.2 Å². The van der Waals surface area contributed by atoms with Crippen LogP contribution in [0.1, 0.15) is 11.1 Å². The molecule has 29 heavy (non-hydrogen) atoms. The van der Waals surface area contributed by atoms with Gasteiger partial charge in [0.25, 0.3) is 11.1 Å². The Morgan fingerprint density at radius 2 is 2.07 bits per heavy atom. The summed E-state index contributed by atoms with van der Waals surface area (Å²) in [6.07, 6.45) is 5.30. The molecule has 0 aliphatic rings. The topological polar surface area (TPSA) is 109 Å². The van der Waals surface area contributed by atoms with Gasteiger partial charge in [0.1, 0.15) is 11.2 Å². The molecule has 0 fully saturated rings. The molecule has 3 rings (SSSR count). The minimum absolute atomic E-state index is 0.0341. The fourth-order valence-corrected chi connectivity index (χ4v) is 3.01. The van der Waals surface area contributed by atoms with Crippen molar-refractivity contribution in [2.24, 2.45) is 7.05 Å². The van der Waals surface area contributed by atoms with E-state index in [1.54, 1.807) is 0 Å². The standard InChI is InChI=1S/C20H19FN4O4/c1-4-12-5-6-15(14(21)7-12)23-17-11(2)19(28)24(3)18-16(17)20(29)25(10-22-18)8-13(27)9-26/h1,5-7,10,13,23,26-27H,8-9H2,2-3H3. The van der Waals surface area contributed by atoms with Gasteiger partial charge in [0, 0.05) is 18.2 Å². The number of hydrogen-bond acceptors (Lipinski definition) is 6. The molecule has 0 spiro atoms. The van der Waals surface area contributed by atoms with Crippen LogP contribution in [0, 0.1) is 25.1 Å². The molecule has 2 aromatic heterocycles. The fourth-order valence-electron chi connectivity index (χ4n) is 3.01. The van der Waals surface area contributed by atoms with E-state index in [2.05, 4.69) is 16.2 Å². The molecule has 150 valence electrons. The Morgan fingerprint density at radius 3 is 2.69 bits per heavy atom. The highest BCUT2D eigenvalue weighted by Gasteiger charge is 2.19. The second kappa shape index (κ2) is 7.87. The lowest BCUT2D eigenvalue weighted by atomic mass is 10.1. The van der Waals surface area contributed by atoms with Gasteiger partial charge < -0.3 is 15.5 Å². The normalized spacial score (nSPS) is 12.0. The van der Waals surface area contributed by atoms with Crippen LogP contribution in [0.4, 0.5) is 15.8 Å². The van der Waals surface area contributed by atoms with Gasteiger partial charge in [-0.05, 0) is 25.1 Å². The van der Waals surface area contributed by atoms with Crippen molar-refractivity contribution in [2.75, 3.05) is 11.9 Å². The number of benzene rings is 1. The molecule has 9 heteroatoms. The maximum atomic E-state index is 14.4. The monoisotopic (exact) mass is 398 g/mol. The number of aryl methyl sites for hydroxylation is 1. The number of aromatic nitrogens is 3. The van der Waals surface area contributed by atoms with Crippen LogP contribution in [-0.2, 0) is 13.6 Å². The zero-order valence-corrected chi connectivity index (χ0v) is 15.8. The van der Waals surface area contributed by atoms with Gasteiger partial charge in [-0.2, -0.15) is 0 Å². The maximum absolute atomic E-state index is 14.4. The number of rotatable bonds is 5. The van der Waals surface area contributed by atoms with Crippen molar-refractivity contribution in [3.63, 3.8) is 0 Å². The largest absolute Gasteiger partial charge is 0.394 e. The van der Waals surface area contributed by atoms with Crippen molar-refractivity contribution in [1.82, 2.24) is 14.1 Å². The average molecular weight is 398 g/mol. The smallest absolute Gasteiger partial charge is 0.264 e. The number of aliphatic hydroxyl groups excluding tert-OH is 2. The molecule has 3 aromatic rings. The Bertz CT molecular complexity index is 1260. The third kappa shape index (κ3) is 3.63. The van der Waals surface area contributed by atoms with Crippen LogP contribution in [0.15, 0.2) is 34.1 Å². The molecular weight excluding hydrogens is 379 g/mol. The van der Waals surface area contributed by atoms with Crippen molar-refractivity contribution >= 4 is 22.4 Å². The molecule has 0 radical (unpaired) electrons. The van der Waals surface area contributed by atoms with Crippen LogP contribution in [0.5, 0.6) is 0 Å². The number of terminal acetylenes is 1. The predicted molar refractivity (Wildman–Crippen MR) is 107 cm³/mol. The molecule has 0 saturated carbocycles. The van der Waals surface area contributed by atoms with Gasteiger partial charge >= 0.3 is 0 Å². The third-order valence-electron chi connectivity index (χ3n) is 4.60. The van der Waals surface area contributed by atoms with Crippen molar-refractivity contribution < 1.29 is 14.6 Å². The molecule has 3 N–H and O–H groups in total. The first kappa shape index (κ1) is 20.3. The number of pyridine rings is 1. The van der Waals surface area contributed by atoms with Gasteiger partial charge in [0.2, 0.25) is 0 Å². The van der Waals surface area contributed by atoms with E-state index in [9.17, 15) is 19.1 Å². The summed E-state index contributed by atoms with van der Waals surface area (Å²) in [5.41, 5.74) is -0.165. The highest BCUT2D eigenvalue weighted by atomic mass is 19.1. The summed E-state index contributed by atoms with van der Waals surface area (Å²) >= 11 is 0. The van der Waals surface area contributed by atoms with E-state index in [1.165, 1.54) is 37.0 Å². The van der Waals surface area contributed by atoms with E-state index >= 15 is 0 Å². The lowest BCUT2D eigenvalue weighted by Gasteiger charge is -2.17. The van der Waals surface area contributed by atoms with Gasteiger partial charge in [0.15, 0.2) is 5.65 Å². The van der Waals surface area contributed by atoms with Gasteiger partial charge in [-0.1, -0.05) is 5.92 Å². The van der Waals surface area contributed by atoms with Crippen LogP contribution < -0.4 is 16.4 Å². The van der Waals surface area contributed by atoms with Crippen LogP contribution in [-0.4, -0.2) is 37.0 Å². The van der Waals surface area contributed by atoms with Gasteiger partial charge in [0.05, 0.1) is 37.0 Å². The fraction of sp³-hybridized carbons (Fsp3) is 0.250. The van der Waals surface area contributed by atoms with Crippen molar-refractivity contribution in [1.29, 1.82) is 0 Å². The SMILES string of the molecule is C#Cc1ccc(Nc2c(C)c(=O)n(C)c3ncn(CC(O)CO)c(=O)c23)c(F)c1. The highest BCUT2D eigenvalue weighted by molar-refractivity contribution is 5.92. The zero-order valence-electron chi connectivity index (χ0n) is 15.8. The minimum Gasteiger partial charge on any atom is -0.394 e. The number of nitrogens with zero attached hydrogens (tertiary/aromatic N) is 3. The van der Waals surface area contributed by atoms with Crippen LogP contribution in [0.25, 0.3) is 11.0 Å². The quantitative estimate of drug-likeness (QED) is 0.544. The minimum atomic E-state index is -1.16. The van der Waals surface area contributed by atoms with E-state index in [1.807, 2.05) is 0 Å². The summed E-state index contributed by atoms with van der Waals surface area (Å²) in [6, 6.07) is 4.10. The van der Waals surface area contributed by atoms with Gasteiger partial charge in [-0.25, -0.2) is 9.37 Å². The molecular formula is C20H19FN4O4. The molecule has 0 aliphatic carbocycles. The summed E-state index contributed by atoms with van der Waals surface area (Å²) in [6.45, 7) is 0.788. The first-order valence-corrected chi connectivity index (χ1v) is 8.69. The summed E-state index contributed by atoms with van der Waals surface area (Å²) in [7, 11) is 1.48. The first-order chi connectivity index (χ1) is 13.8. The molecule has 1 aromatic carbocycles. The van der Waals surface area contributed by atoms with E-state index in [0.717, 1.165) is 10.6 Å². The maximum Gasteiger partial charge on any atom is 0.264 e. The predicted octanol–water partition coefficient (Wildman–Crippen LogP) is 0.621. The highest BCUT2D eigenvalue weighted by Crippen LogP contribution is 2.26. The molecule has 8 nitrogen and oxygen atoms in total. The Balaban J connectivity index is 2.27. The Labute approximate surface area is 164 Å². The molecule has 2 heterocycles. The second-order valence-corrected chi connectivity index (χ2v) is 6.57. The van der Waals surface area contributed by atoms with Crippen LogP contribution >= 0.6 is 0 Å². The van der Waals surface area contributed by atoms with E-state index < -0.39 is 29.6 Å². The van der Waals surface area contributed by atoms with Crippen molar-refractivity contribution in [2.45, 2.75) is 19.6 Å². The van der Waals surface area contributed by atoms with E-state index in [4.69, 9.17) is 11.5 Å². The zero-order chi connectivity index (χ0) is 21.3. The van der Waals surface area contributed by atoms with E-state index in [0.29, 0.717) is 5.56 Å². The van der Waals surface area contributed by atoms with E-state index in [-0.39, 0.29) is 34.5 Å². The molecule has 0 saturated heterocycles. The number of nitrogens with one attached hydrogen (secondary N) is 1. The number of fused-ring (bicyclic) bond motifs is 1. The molecule has 1 atom stereocenters. The van der Waals surface area contributed by atoms with Gasteiger partial charge in [-0.15, -0.1) is 6.42 Å². The Kier molecular flexibility index (Phi) is 5.50. The number of hydrogen-bond donors (Lipinski definition) is 3. The number of anilines is 2. The number of aliphatic hydroxyl groups is 2. The summed E-state index contributed by atoms with van der Waals surface area (Å²) in [5, 5.41) is 21.6. The van der Waals surface area contributed by atoms with Crippen LogP contribution in [0.2, 0.25) is 0 Å². The second-order valence-electron chi connectivity index (χ2n) is 6.57. The molecule has 1 unspecified atom stereocenters. The Morgan fingerprint density at radius 1 is 1.34 bits per heavy atom. The summed E-state index contributed by atoms with van der Waals surface area (Å²) in [5.74, 6) is 1.68. The summed E-state index contributed by atoms with van der Waals surface area (Å²) < 4.78 is 16.8. The molecule has 0 bridgehead atoms. The van der Waals surface area contributed by atoms with Gasteiger partial charge in [-0.3, -0.25) is 18.7 Å². The molecule has 0 amide bonds. The summed E-state index contributed by atoms with van der Waals surface area (Å²) in [4.78, 5) is 29.8. The average Bonchev–Trinajstić information content (AvgIpc) is 2.72. The lowest BCUT2D eigenvalue weighted by molar-refractivity contribution is 0.0802. The Hall–Kier alpha value is -3.48. The molecule has 0 aliphatic heterocycles. The first-order valence-electron chi connectivity index (χ1n) is 8.69.